The van der Waals surface area contributed by atoms with Crippen molar-refractivity contribution in [3.63, 3.8) is 0 Å². The molecule has 0 aromatic heterocycles. The predicted molar refractivity (Wildman–Crippen MR) is 72.6 cm³/mol. The van der Waals surface area contributed by atoms with Gasteiger partial charge in [0.1, 0.15) is 11.7 Å². The lowest BCUT2D eigenvalue weighted by molar-refractivity contribution is -0.103. The fraction of sp³-hybridized carbons (Fsp3) is 0.500. The smallest absolute Gasteiger partial charge is 0.142 e. The molecule has 5 atom stereocenters. The molecule has 1 aliphatic heterocycles. The van der Waals surface area contributed by atoms with Crippen LogP contribution in [-0.4, -0.2) is 29.0 Å². The third-order valence-electron chi connectivity index (χ3n) is 4.18. The van der Waals surface area contributed by atoms with Gasteiger partial charge in [-0.1, -0.05) is 49.4 Å². The van der Waals surface area contributed by atoms with Gasteiger partial charge in [-0.05, 0) is 12.5 Å². The molecule has 0 amide bonds. The van der Waals surface area contributed by atoms with Gasteiger partial charge < -0.3 is 14.6 Å². The van der Waals surface area contributed by atoms with Crippen LogP contribution in [0.3, 0.4) is 0 Å². The second-order valence-corrected chi connectivity index (χ2v) is 5.55. The van der Waals surface area contributed by atoms with Gasteiger partial charge in [0.05, 0.1) is 18.8 Å². The molecule has 0 radical (unpaired) electrons. The Morgan fingerprint density at radius 1 is 1.26 bits per heavy atom. The molecular weight excluding hydrogens is 240 g/mol. The van der Waals surface area contributed by atoms with Crippen molar-refractivity contribution in [3.8, 4) is 0 Å². The Labute approximate surface area is 113 Å². The van der Waals surface area contributed by atoms with Crippen LogP contribution in [0.5, 0.6) is 0 Å². The van der Waals surface area contributed by atoms with Gasteiger partial charge in [0.2, 0.25) is 0 Å². The summed E-state index contributed by atoms with van der Waals surface area (Å²) in [4.78, 5) is 0. The second kappa shape index (κ2) is 4.75. The van der Waals surface area contributed by atoms with E-state index in [2.05, 4.69) is 13.0 Å². The topological polar surface area (TPSA) is 38.7 Å². The minimum absolute atomic E-state index is 0.0822. The summed E-state index contributed by atoms with van der Waals surface area (Å²) in [5.41, 5.74) is 0.421. The fourth-order valence-electron chi connectivity index (χ4n) is 3.08. The number of rotatable bonds is 3. The van der Waals surface area contributed by atoms with Gasteiger partial charge in [-0.25, -0.2) is 0 Å². The number of hydrogen-bond acceptors (Lipinski definition) is 3. The Hall–Kier alpha value is -1.16. The number of ether oxygens (including phenoxy) is 2. The lowest BCUT2D eigenvalue weighted by Crippen LogP contribution is -2.47. The van der Waals surface area contributed by atoms with Crippen molar-refractivity contribution in [1.29, 1.82) is 0 Å². The summed E-state index contributed by atoms with van der Waals surface area (Å²) < 4.78 is 12.0. The van der Waals surface area contributed by atoms with E-state index in [1.165, 1.54) is 0 Å². The van der Waals surface area contributed by atoms with Crippen LogP contribution in [0.25, 0.3) is 0 Å². The summed E-state index contributed by atoms with van der Waals surface area (Å²) in [6.07, 6.45) is 3.18. The van der Waals surface area contributed by atoms with Gasteiger partial charge in [0, 0.05) is 5.92 Å². The highest BCUT2D eigenvalue weighted by molar-refractivity contribution is 5.25. The Morgan fingerprint density at radius 2 is 2.00 bits per heavy atom. The molecule has 19 heavy (non-hydrogen) atoms. The third-order valence-corrected chi connectivity index (χ3v) is 4.18. The average molecular weight is 260 g/mol. The zero-order valence-electron chi connectivity index (χ0n) is 11.3. The summed E-state index contributed by atoms with van der Waals surface area (Å²) in [5, 5.41) is 10.4. The third kappa shape index (κ3) is 2.02. The highest BCUT2D eigenvalue weighted by atomic mass is 16.6. The molecular formula is C16H20O3. The maximum Gasteiger partial charge on any atom is 0.142 e. The summed E-state index contributed by atoms with van der Waals surface area (Å²) in [7, 11) is 0. The van der Waals surface area contributed by atoms with E-state index >= 15 is 0 Å². The van der Waals surface area contributed by atoms with Crippen molar-refractivity contribution >= 4 is 0 Å². The summed E-state index contributed by atoms with van der Waals surface area (Å²) in [6.45, 7) is 4.48. The van der Waals surface area contributed by atoms with Gasteiger partial charge in [0.25, 0.3) is 0 Å². The molecule has 1 saturated heterocycles. The maximum absolute atomic E-state index is 10.4. The van der Waals surface area contributed by atoms with Crippen LogP contribution < -0.4 is 0 Å². The molecule has 1 aliphatic carbocycles. The Balaban J connectivity index is 1.79. The van der Waals surface area contributed by atoms with E-state index in [1.807, 2.05) is 43.3 Å². The minimum Gasteiger partial charge on any atom is -0.387 e. The van der Waals surface area contributed by atoms with Gasteiger partial charge in [-0.2, -0.15) is 0 Å². The van der Waals surface area contributed by atoms with Gasteiger partial charge in [0.15, 0.2) is 0 Å². The van der Waals surface area contributed by atoms with Crippen LogP contribution in [0.2, 0.25) is 0 Å². The first-order valence-electron chi connectivity index (χ1n) is 6.84. The molecule has 1 heterocycles. The number of aliphatic hydroxyl groups is 1. The largest absolute Gasteiger partial charge is 0.387 e. The van der Waals surface area contributed by atoms with Crippen molar-refractivity contribution in [2.24, 2.45) is 5.92 Å². The van der Waals surface area contributed by atoms with E-state index in [0.29, 0.717) is 6.61 Å². The predicted octanol–water partition coefficient (Wildman–Crippen LogP) is 2.30. The SMILES string of the molecule is C[C@@H]1C=C[C@@]2(OCc3ccccc3)[C@@H]1O[C@@H](C)[C@@H]2O. The van der Waals surface area contributed by atoms with Crippen LogP contribution in [0.1, 0.15) is 19.4 Å². The molecule has 102 valence electrons. The monoisotopic (exact) mass is 260 g/mol. The number of fused-ring (bicyclic) bond motifs is 1. The lowest BCUT2D eigenvalue weighted by atomic mass is 9.91. The van der Waals surface area contributed by atoms with Crippen LogP contribution >= 0.6 is 0 Å². The van der Waals surface area contributed by atoms with E-state index in [-0.39, 0.29) is 18.1 Å². The molecule has 1 N–H and O–H groups in total. The lowest BCUT2D eigenvalue weighted by Gasteiger charge is -2.31. The summed E-state index contributed by atoms with van der Waals surface area (Å²) in [5.74, 6) is 0.273. The number of aliphatic hydroxyl groups excluding tert-OH is 1. The van der Waals surface area contributed by atoms with Crippen molar-refractivity contribution in [1.82, 2.24) is 0 Å². The highest BCUT2D eigenvalue weighted by Gasteiger charge is 2.58. The maximum atomic E-state index is 10.4. The zero-order valence-corrected chi connectivity index (χ0v) is 11.3. The Morgan fingerprint density at radius 3 is 2.74 bits per heavy atom. The molecule has 1 aromatic carbocycles. The minimum atomic E-state index is -0.686. The summed E-state index contributed by atoms with van der Waals surface area (Å²) >= 11 is 0. The molecule has 1 fully saturated rings. The molecule has 0 bridgehead atoms. The molecule has 0 spiro atoms. The van der Waals surface area contributed by atoms with E-state index in [4.69, 9.17) is 9.47 Å². The van der Waals surface area contributed by atoms with Crippen molar-refractivity contribution < 1.29 is 14.6 Å². The highest BCUT2D eigenvalue weighted by Crippen LogP contribution is 2.44. The van der Waals surface area contributed by atoms with Crippen LogP contribution in [-0.2, 0) is 16.1 Å². The molecule has 3 heteroatoms. The first-order chi connectivity index (χ1) is 9.13. The zero-order chi connectivity index (χ0) is 13.5. The van der Waals surface area contributed by atoms with Gasteiger partial charge in [-0.15, -0.1) is 0 Å². The average Bonchev–Trinajstić information content (AvgIpc) is 2.87. The molecule has 1 aromatic rings. The molecule has 2 aliphatic rings. The van der Waals surface area contributed by atoms with E-state index in [1.54, 1.807) is 0 Å². The summed E-state index contributed by atoms with van der Waals surface area (Å²) in [6, 6.07) is 10.0. The van der Waals surface area contributed by atoms with E-state index in [9.17, 15) is 5.11 Å². The van der Waals surface area contributed by atoms with Crippen molar-refractivity contribution in [3.05, 3.63) is 48.0 Å². The standard InChI is InChI=1S/C16H20O3/c1-11-8-9-16(14(17)12(2)19-15(11)16)18-10-13-6-4-3-5-7-13/h3-9,11-12,14-15,17H,10H2,1-2H3/t11-,12+,14+,15-,16+/m1/s1. The van der Waals surface area contributed by atoms with Crippen LogP contribution in [0, 0.1) is 5.92 Å². The molecule has 0 unspecified atom stereocenters. The van der Waals surface area contributed by atoms with Crippen LogP contribution in [0.4, 0.5) is 0 Å². The number of benzene rings is 1. The second-order valence-electron chi connectivity index (χ2n) is 5.55. The molecule has 3 rings (SSSR count). The first-order valence-corrected chi connectivity index (χ1v) is 6.84. The normalized spacial score (nSPS) is 40.6. The Kier molecular flexibility index (Phi) is 3.21. The fourth-order valence-corrected chi connectivity index (χ4v) is 3.08. The number of hydrogen-bond donors (Lipinski definition) is 1. The first kappa shape index (κ1) is 12.9. The quantitative estimate of drug-likeness (QED) is 0.848. The Bertz CT molecular complexity index is 470. The molecule has 0 saturated carbocycles. The van der Waals surface area contributed by atoms with E-state index < -0.39 is 11.7 Å². The van der Waals surface area contributed by atoms with Crippen molar-refractivity contribution in [2.75, 3.05) is 0 Å². The van der Waals surface area contributed by atoms with E-state index in [0.717, 1.165) is 5.56 Å². The van der Waals surface area contributed by atoms with Crippen LogP contribution in [0.15, 0.2) is 42.5 Å². The van der Waals surface area contributed by atoms with Crippen molar-refractivity contribution in [2.45, 2.75) is 44.4 Å². The molecule has 3 nitrogen and oxygen atoms in total. The van der Waals surface area contributed by atoms with Gasteiger partial charge >= 0.3 is 0 Å². The van der Waals surface area contributed by atoms with Gasteiger partial charge in [-0.3, -0.25) is 0 Å².